The minimum Gasteiger partial charge on any atom is -0.299 e. The average molecular weight is 140 g/mol. The van der Waals surface area contributed by atoms with Gasteiger partial charge in [-0.05, 0) is 20.8 Å². The zero-order chi connectivity index (χ0) is 8.15. The Morgan fingerprint density at radius 1 is 1.20 bits per heavy atom. The topological polar surface area (TPSA) is 34.1 Å². The summed E-state index contributed by atoms with van der Waals surface area (Å²) in [7, 11) is 0. The van der Waals surface area contributed by atoms with E-state index in [1.54, 1.807) is 19.1 Å². The quantitative estimate of drug-likeness (QED) is 0.438. The van der Waals surface area contributed by atoms with Crippen LogP contribution in [0.2, 0.25) is 0 Å². The van der Waals surface area contributed by atoms with Gasteiger partial charge in [-0.3, -0.25) is 9.59 Å². The van der Waals surface area contributed by atoms with Crippen LogP contribution in [0.5, 0.6) is 0 Å². The molecule has 0 rings (SSSR count). The van der Waals surface area contributed by atoms with Crippen LogP contribution in [0.4, 0.5) is 0 Å². The van der Waals surface area contributed by atoms with E-state index in [1.165, 1.54) is 13.8 Å². The fourth-order valence-electron chi connectivity index (χ4n) is 0.750. The van der Waals surface area contributed by atoms with Crippen molar-refractivity contribution in [3.8, 4) is 0 Å². The summed E-state index contributed by atoms with van der Waals surface area (Å²) in [5, 5.41) is 0. The molecular formula is C8H12O2. The van der Waals surface area contributed by atoms with E-state index in [2.05, 4.69) is 0 Å². The standard InChI is InChI=1S/C8H12O2/c1-4-5-8(6(2)9)7(3)10/h4-5,8H,1-3H3/b5-4+. The van der Waals surface area contributed by atoms with Crippen LogP contribution in [0.3, 0.4) is 0 Å². The summed E-state index contributed by atoms with van der Waals surface area (Å²) < 4.78 is 0. The summed E-state index contributed by atoms with van der Waals surface area (Å²) >= 11 is 0. The second-order valence-electron chi connectivity index (χ2n) is 2.22. The third kappa shape index (κ3) is 2.58. The maximum atomic E-state index is 10.7. The van der Waals surface area contributed by atoms with Crippen molar-refractivity contribution < 1.29 is 9.59 Å². The molecule has 0 saturated heterocycles. The highest BCUT2D eigenvalue weighted by molar-refractivity contribution is 6.01. The van der Waals surface area contributed by atoms with Gasteiger partial charge >= 0.3 is 0 Å². The molecule has 0 aliphatic heterocycles. The Balaban J connectivity index is 4.27. The molecule has 0 bridgehead atoms. The summed E-state index contributed by atoms with van der Waals surface area (Å²) in [6.45, 7) is 4.64. The predicted molar refractivity (Wildman–Crippen MR) is 39.7 cm³/mol. The van der Waals surface area contributed by atoms with Crippen LogP contribution >= 0.6 is 0 Å². The normalized spacial score (nSPS) is 10.8. The van der Waals surface area contributed by atoms with Gasteiger partial charge in [0.05, 0.1) is 5.92 Å². The van der Waals surface area contributed by atoms with E-state index in [9.17, 15) is 9.59 Å². The van der Waals surface area contributed by atoms with Crippen LogP contribution in [0, 0.1) is 5.92 Å². The molecular weight excluding hydrogens is 128 g/mol. The van der Waals surface area contributed by atoms with Gasteiger partial charge in [-0.2, -0.15) is 0 Å². The fraction of sp³-hybridized carbons (Fsp3) is 0.500. The molecule has 0 unspecified atom stereocenters. The smallest absolute Gasteiger partial charge is 0.144 e. The number of carbonyl (C=O) groups is 2. The highest BCUT2D eigenvalue weighted by atomic mass is 16.1. The monoisotopic (exact) mass is 140 g/mol. The van der Waals surface area contributed by atoms with E-state index in [0.717, 1.165) is 0 Å². The van der Waals surface area contributed by atoms with Crippen LogP contribution in [0.15, 0.2) is 12.2 Å². The molecule has 0 spiro atoms. The molecule has 0 aromatic carbocycles. The average Bonchev–Trinajstić information content (AvgIpc) is 1.81. The maximum Gasteiger partial charge on any atom is 0.144 e. The largest absolute Gasteiger partial charge is 0.299 e. The van der Waals surface area contributed by atoms with Gasteiger partial charge in [0.25, 0.3) is 0 Å². The lowest BCUT2D eigenvalue weighted by molar-refractivity contribution is -0.128. The molecule has 10 heavy (non-hydrogen) atoms. The number of ketones is 2. The van der Waals surface area contributed by atoms with Crippen molar-refractivity contribution in [2.24, 2.45) is 5.92 Å². The van der Waals surface area contributed by atoms with E-state index >= 15 is 0 Å². The van der Waals surface area contributed by atoms with Gasteiger partial charge in [0.2, 0.25) is 0 Å². The van der Waals surface area contributed by atoms with E-state index in [-0.39, 0.29) is 11.6 Å². The van der Waals surface area contributed by atoms with Crippen molar-refractivity contribution in [2.75, 3.05) is 0 Å². The molecule has 56 valence electrons. The zero-order valence-corrected chi connectivity index (χ0v) is 6.55. The van der Waals surface area contributed by atoms with E-state index in [1.807, 2.05) is 0 Å². The maximum absolute atomic E-state index is 10.7. The molecule has 2 nitrogen and oxygen atoms in total. The van der Waals surface area contributed by atoms with Gasteiger partial charge in [-0.15, -0.1) is 0 Å². The molecule has 0 aliphatic rings. The van der Waals surface area contributed by atoms with Gasteiger partial charge in [0, 0.05) is 0 Å². The number of Topliss-reactive ketones (excluding diaryl/α,β-unsaturated/α-hetero) is 2. The predicted octanol–water partition coefficient (Wildman–Crippen LogP) is 1.36. The van der Waals surface area contributed by atoms with Crippen LogP contribution in [-0.4, -0.2) is 11.6 Å². The van der Waals surface area contributed by atoms with Crippen molar-refractivity contribution in [3.05, 3.63) is 12.2 Å². The van der Waals surface area contributed by atoms with Crippen molar-refractivity contribution in [1.29, 1.82) is 0 Å². The first-order chi connectivity index (χ1) is 4.59. The number of carbonyl (C=O) groups excluding carboxylic acids is 2. The van der Waals surface area contributed by atoms with Gasteiger partial charge in [0.15, 0.2) is 0 Å². The Hall–Kier alpha value is -0.920. The second kappa shape index (κ2) is 3.99. The van der Waals surface area contributed by atoms with Gasteiger partial charge < -0.3 is 0 Å². The first kappa shape index (κ1) is 9.08. The molecule has 0 aromatic heterocycles. The first-order valence-corrected chi connectivity index (χ1v) is 3.23. The summed E-state index contributed by atoms with van der Waals surface area (Å²) in [5.74, 6) is -0.707. The minimum absolute atomic E-state index is 0.0920. The molecule has 0 N–H and O–H groups in total. The number of hydrogen-bond acceptors (Lipinski definition) is 2. The highest BCUT2D eigenvalue weighted by Gasteiger charge is 2.14. The Morgan fingerprint density at radius 3 is 1.70 bits per heavy atom. The first-order valence-electron chi connectivity index (χ1n) is 3.23. The summed E-state index contributed by atoms with van der Waals surface area (Å²) in [6, 6.07) is 0. The third-order valence-corrected chi connectivity index (χ3v) is 1.26. The van der Waals surface area contributed by atoms with Crippen molar-refractivity contribution in [2.45, 2.75) is 20.8 Å². The summed E-state index contributed by atoms with van der Waals surface area (Å²) in [5.41, 5.74) is 0. The Bertz CT molecular complexity index is 154. The second-order valence-corrected chi connectivity index (χ2v) is 2.22. The Morgan fingerprint density at radius 2 is 1.60 bits per heavy atom. The fourth-order valence-corrected chi connectivity index (χ4v) is 0.750. The Kier molecular flexibility index (Phi) is 3.62. The van der Waals surface area contributed by atoms with E-state index < -0.39 is 5.92 Å². The molecule has 0 atom stereocenters. The molecule has 0 fully saturated rings. The van der Waals surface area contributed by atoms with Gasteiger partial charge in [-0.25, -0.2) is 0 Å². The molecule has 0 aliphatic carbocycles. The summed E-state index contributed by atoms with van der Waals surface area (Å²) in [6.07, 6.45) is 3.33. The van der Waals surface area contributed by atoms with Crippen molar-refractivity contribution >= 4 is 11.6 Å². The molecule has 2 heteroatoms. The minimum atomic E-state index is -0.523. The lowest BCUT2D eigenvalue weighted by Gasteiger charge is -2.01. The number of allylic oxidation sites excluding steroid dienone is 2. The third-order valence-electron chi connectivity index (χ3n) is 1.26. The van der Waals surface area contributed by atoms with E-state index in [0.29, 0.717) is 0 Å². The van der Waals surface area contributed by atoms with E-state index in [4.69, 9.17) is 0 Å². The molecule has 0 saturated carbocycles. The molecule has 0 aromatic rings. The lowest BCUT2D eigenvalue weighted by atomic mass is 10.0. The molecule has 0 amide bonds. The number of rotatable bonds is 3. The highest BCUT2D eigenvalue weighted by Crippen LogP contribution is 2.01. The van der Waals surface area contributed by atoms with Gasteiger partial charge in [-0.1, -0.05) is 12.2 Å². The van der Waals surface area contributed by atoms with Crippen LogP contribution in [-0.2, 0) is 9.59 Å². The summed E-state index contributed by atoms with van der Waals surface area (Å²) in [4.78, 5) is 21.4. The molecule has 0 radical (unpaired) electrons. The number of hydrogen-bond donors (Lipinski definition) is 0. The van der Waals surface area contributed by atoms with Crippen LogP contribution < -0.4 is 0 Å². The van der Waals surface area contributed by atoms with Crippen LogP contribution in [0.1, 0.15) is 20.8 Å². The van der Waals surface area contributed by atoms with Crippen molar-refractivity contribution in [3.63, 3.8) is 0 Å². The Labute approximate surface area is 60.9 Å². The van der Waals surface area contributed by atoms with Crippen molar-refractivity contribution in [1.82, 2.24) is 0 Å². The van der Waals surface area contributed by atoms with Crippen LogP contribution in [0.25, 0.3) is 0 Å². The SMILES string of the molecule is C/C=C/C(C(C)=O)C(C)=O. The lowest BCUT2D eigenvalue weighted by Crippen LogP contribution is -2.16. The van der Waals surface area contributed by atoms with Gasteiger partial charge in [0.1, 0.15) is 11.6 Å². The zero-order valence-electron chi connectivity index (χ0n) is 6.55. The molecule has 0 heterocycles.